The highest BCUT2D eigenvalue weighted by atomic mass is 16.5. The van der Waals surface area contributed by atoms with Crippen molar-refractivity contribution in [1.29, 1.82) is 0 Å². The molecule has 0 bridgehead atoms. The average molecular weight is 263 g/mol. The highest BCUT2D eigenvalue weighted by Gasteiger charge is 2.40. The van der Waals surface area contributed by atoms with Gasteiger partial charge in [0.15, 0.2) is 0 Å². The Morgan fingerprint density at radius 1 is 1.42 bits per heavy atom. The first-order valence-electron chi connectivity index (χ1n) is 6.81. The van der Waals surface area contributed by atoms with Crippen LogP contribution in [0.15, 0.2) is 30.3 Å². The van der Waals surface area contributed by atoms with Crippen molar-refractivity contribution in [1.82, 2.24) is 5.32 Å². The number of aliphatic hydroxyl groups is 1. The molecule has 0 radical (unpaired) electrons. The maximum absolute atomic E-state index is 12.1. The lowest BCUT2D eigenvalue weighted by Gasteiger charge is -2.43. The van der Waals surface area contributed by atoms with E-state index in [9.17, 15) is 9.90 Å². The summed E-state index contributed by atoms with van der Waals surface area (Å²) in [7, 11) is 0. The van der Waals surface area contributed by atoms with E-state index in [1.807, 2.05) is 30.3 Å². The van der Waals surface area contributed by atoms with E-state index in [4.69, 9.17) is 4.74 Å². The van der Waals surface area contributed by atoms with Crippen LogP contribution < -0.4 is 5.32 Å². The molecule has 0 aromatic heterocycles. The van der Waals surface area contributed by atoms with Gasteiger partial charge in [-0.3, -0.25) is 5.32 Å². The monoisotopic (exact) mass is 263 g/mol. The first-order chi connectivity index (χ1) is 9.21. The molecule has 4 heteroatoms. The van der Waals surface area contributed by atoms with Gasteiger partial charge in [-0.15, -0.1) is 0 Å². The quantitative estimate of drug-likeness (QED) is 0.768. The highest BCUT2D eigenvalue weighted by Crippen LogP contribution is 2.34. The van der Waals surface area contributed by atoms with Crippen molar-refractivity contribution in [2.75, 3.05) is 13.2 Å². The zero-order valence-corrected chi connectivity index (χ0v) is 11.3. The second-order valence-electron chi connectivity index (χ2n) is 5.03. The number of hydrogen-bond acceptors (Lipinski definition) is 4. The number of esters is 1. The Bertz CT molecular complexity index is 409. The fourth-order valence-corrected chi connectivity index (χ4v) is 2.41. The molecular weight excluding hydrogens is 242 g/mol. The molecule has 1 unspecified atom stereocenters. The maximum Gasteiger partial charge on any atom is 0.327 e. The van der Waals surface area contributed by atoms with Crippen molar-refractivity contribution in [3.05, 3.63) is 35.9 Å². The number of hydrogen-bond donors (Lipinski definition) is 2. The van der Waals surface area contributed by atoms with E-state index in [0.717, 1.165) is 24.8 Å². The number of rotatable bonds is 6. The first kappa shape index (κ1) is 14.0. The fourth-order valence-electron chi connectivity index (χ4n) is 2.41. The van der Waals surface area contributed by atoms with Gasteiger partial charge >= 0.3 is 5.97 Å². The minimum atomic E-state index is -0.506. The summed E-state index contributed by atoms with van der Waals surface area (Å²) in [5, 5.41) is 12.8. The van der Waals surface area contributed by atoms with Gasteiger partial charge in [-0.05, 0) is 31.7 Å². The van der Waals surface area contributed by atoms with Gasteiger partial charge in [-0.2, -0.15) is 0 Å². The second kappa shape index (κ2) is 6.17. The van der Waals surface area contributed by atoms with Gasteiger partial charge in [0.1, 0.15) is 6.04 Å². The van der Waals surface area contributed by atoms with E-state index in [1.54, 1.807) is 6.92 Å². The minimum Gasteiger partial charge on any atom is -0.465 e. The fraction of sp³-hybridized carbons (Fsp3) is 0.533. The van der Waals surface area contributed by atoms with Crippen molar-refractivity contribution >= 4 is 5.97 Å². The summed E-state index contributed by atoms with van der Waals surface area (Å²) in [5.41, 5.74) is 0.550. The van der Waals surface area contributed by atoms with Gasteiger partial charge < -0.3 is 9.84 Å². The molecule has 19 heavy (non-hydrogen) atoms. The molecule has 0 spiro atoms. The number of carbonyl (C=O) groups excluding carboxylic acids is 1. The number of aliphatic hydroxyl groups excluding tert-OH is 1. The Kier molecular flexibility index (Phi) is 4.56. The zero-order chi connectivity index (χ0) is 13.7. The Labute approximate surface area is 113 Å². The van der Waals surface area contributed by atoms with Crippen LogP contribution in [0.5, 0.6) is 0 Å². The van der Waals surface area contributed by atoms with Crippen molar-refractivity contribution in [3.8, 4) is 0 Å². The van der Waals surface area contributed by atoms with Crippen LogP contribution in [-0.2, 0) is 9.53 Å². The lowest BCUT2D eigenvalue weighted by Crippen LogP contribution is -2.56. The van der Waals surface area contributed by atoms with Crippen LogP contribution in [0.1, 0.15) is 37.8 Å². The van der Waals surface area contributed by atoms with Gasteiger partial charge in [-0.25, -0.2) is 4.79 Å². The summed E-state index contributed by atoms with van der Waals surface area (Å²) in [4.78, 5) is 12.1. The molecule has 1 saturated carbocycles. The number of nitrogens with one attached hydrogen (secondary N) is 1. The van der Waals surface area contributed by atoms with Crippen LogP contribution in [0, 0.1) is 0 Å². The zero-order valence-electron chi connectivity index (χ0n) is 11.3. The second-order valence-corrected chi connectivity index (χ2v) is 5.03. The van der Waals surface area contributed by atoms with Gasteiger partial charge in [0.05, 0.1) is 13.2 Å². The van der Waals surface area contributed by atoms with E-state index < -0.39 is 6.04 Å². The Morgan fingerprint density at radius 3 is 2.58 bits per heavy atom. The molecular formula is C15H21NO3. The van der Waals surface area contributed by atoms with Crippen molar-refractivity contribution < 1.29 is 14.6 Å². The molecule has 1 aliphatic rings. The van der Waals surface area contributed by atoms with E-state index in [1.165, 1.54) is 0 Å². The Morgan fingerprint density at radius 2 is 2.11 bits per heavy atom. The lowest BCUT2D eigenvalue weighted by molar-refractivity contribution is -0.147. The van der Waals surface area contributed by atoms with Crippen LogP contribution in [-0.4, -0.2) is 29.8 Å². The predicted molar refractivity (Wildman–Crippen MR) is 72.6 cm³/mol. The number of ether oxygens (including phenoxy) is 1. The van der Waals surface area contributed by atoms with E-state index >= 15 is 0 Å². The van der Waals surface area contributed by atoms with Crippen molar-refractivity contribution in [3.63, 3.8) is 0 Å². The summed E-state index contributed by atoms with van der Waals surface area (Å²) in [6, 6.07) is 9.01. The summed E-state index contributed by atoms with van der Waals surface area (Å²) < 4.78 is 5.13. The van der Waals surface area contributed by atoms with E-state index in [-0.39, 0.29) is 18.1 Å². The molecule has 1 aliphatic carbocycles. The standard InChI is InChI=1S/C15H21NO3/c1-2-19-14(18)13(12-7-4-3-5-8-12)16-15(11-17)9-6-10-15/h3-5,7-8,13,16-17H,2,6,9-11H2,1H3. The van der Waals surface area contributed by atoms with Gasteiger partial charge in [0.25, 0.3) is 0 Å². The molecule has 104 valence electrons. The molecule has 2 N–H and O–H groups in total. The largest absolute Gasteiger partial charge is 0.465 e. The summed E-state index contributed by atoms with van der Waals surface area (Å²) >= 11 is 0. The Hall–Kier alpha value is -1.39. The lowest BCUT2D eigenvalue weighted by atomic mass is 9.76. The molecule has 1 atom stereocenters. The SMILES string of the molecule is CCOC(=O)C(NC1(CO)CCC1)c1ccccc1. The van der Waals surface area contributed by atoms with E-state index in [2.05, 4.69) is 5.32 Å². The molecule has 0 saturated heterocycles. The third kappa shape index (κ3) is 3.14. The van der Waals surface area contributed by atoms with Crippen molar-refractivity contribution in [2.45, 2.75) is 37.8 Å². The third-order valence-corrected chi connectivity index (χ3v) is 3.72. The number of carbonyl (C=O) groups is 1. The predicted octanol–water partition coefficient (Wildman–Crippen LogP) is 1.80. The van der Waals surface area contributed by atoms with Crippen LogP contribution in [0.4, 0.5) is 0 Å². The van der Waals surface area contributed by atoms with Crippen LogP contribution in [0.2, 0.25) is 0 Å². The van der Waals surface area contributed by atoms with Crippen LogP contribution >= 0.6 is 0 Å². The molecule has 4 nitrogen and oxygen atoms in total. The van der Waals surface area contributed by atoms with Crippen molar-refractivity contribution in [2.24, 2.45) is 0 Å². The minimum absolute atomic E-state index is 0.0513. The summed E-state index contributed by atoms with van der Waals surface area (Å²) in [5.74, 6) is -0.284. The molecule has 2 rings (SSSR count). The molecule has 1 aromatic carbocycles. The van der Waals surface area contributed by atoms with Gasteiger partial charge in [0, 0.05) is 5.54 Å². The molecule has 0 amide bonds. The Balaban J connectivity index is 2.17. The first-order valence-corrected chi connectivity index (χ1v) is 6.81. The normalized spacial score (nSPS) is 18.4. The molecule has 0 heterocycles. The highest BCUT2D eigenvalue weighted by molar-refractivity contribution is 5.77. The maximum atomic E-state index is 12.1. The smallest absolute Gasteiger partial charge is 0.327 e. The van der Waals surface area contributed by atoms with Crippen LogP contribution in [0.25, 0.3) is 0 Å². The summed E-state index contributed by atoms with van der Waals surface area (Å²) in [6.07, 6.45) is 2.87. The third-order valence-electron chi connectivity index (χ3n) is 3.72. The molecule has 1 aromatic rings. The number of benzene rings is 1. The average Bonchev–Trinajstić information content (AvgIpc) is 2.39. The molecule has 0 aliphatic heterocycles. The topological polar surface area (TPSA) is 58.6 Å². The van der Waals surface area contributed by atoms with E-state index in [0.29, 0.717) is 6.61 Å². The van der Waals surface area contributed by atoms with Gasteiger partial charge in [0.2, 0.25) is 0 Å². The molecule has 1 fully saturated rings. The van der Waals surface area contributed by atoms with Crippen LogP contribution in [0.3, 0.4) is 0 Å². The van der Waals surface area contributed by atoms with Gasteiger partial charge in [-0.1, -0.05) is 30.3 Å². The summed E-state index contributed by atoms with van der Waals surface area (Å²) in [6.45, 7) is 2.21.